The van der Waals surface area contributed by atoms with Crippen LogP contribution in [0.4, 0.5) is 18.9 Å². The minimum absolute atomic E-state index is 0.173. The molecule has 0 aliphatic rings. The number of para-hydroxylation sites is 1. The number of halogens is 4. The molecule has 0 aliphatic heterocycles. The zero-order chi connectivity index (χ0) is 14.8. The predicted octanol–water partition coefficient (Wildman–Crippen LogP) is 4.08. The lowest BCUT2D eigenvalue weighted by Gasteiger charge is -2.36. The first-order valence-electron chi connectivity index (χ1n) is 5.64. The van der Waals surface area contributed by atoms with Gasteiger partial charge in [0.15, 0.2) is 0 Å². The number of carbonyl (C=O) groups excluding carboxylic acids is 1. The Balaban J connectivity index is 3.44. The number of carbonyl (C=O) groups is 1. The van der Waals surface area contributed by atoms with E-state index >= 15 is 0 Å². The molecule has 0 aromatic heterocycles. The van der Waals surface area contributed by atoms with Gasteiger partial charge in [-0.25, -0.2) is 0 Å². The molecule has 0 radical (unpaired) electrons. The first-order chi connectivity index (χ1) is 8.59. The molecule has 19 heavy (non-hydrogen) atoms. The van der Waals surface area contributed by atoms with E-state index in [1.807, 2.05) is 0 Å². The van der Waals surface area contributed by atoms with Gasteiger partial charge >= 0.3 is 6.18 Å². The molecule has 0 unspecified atom stereocenters. The quantitative estimate of drug-likeness (QED) is 0.753. The first kappa shape index (κ1) is 15.8. The van der Waals surface area contributed by atoms with Gasteiger partial charge in [-0.3, -0.25) is 4.79 Å². The van der Waals surface area contributed by atoms with Crippen LogP contribution in [0.5, 0.6) is 0 Å². The molecule has 106 valence electrons. The van der Waals surface area contributed by atoms with Crippen molar-refractivity contribution < 1.29 is 18.0 Å². The van der Waals surface area contributed by atoms with E-state index in [1.165, 1.54) is 18.2 Å². The van der Waals surface area contributed by atoms with Crippen LogP contribution in [0, 0.1) is 0 Å². The summed E-state index contributed by atoms with van der Waals surface area (Å²) in [6.45, 7) is 4.97. The number of nitrogens with zero attached hydrogens (tertiary/aromatic N) is 1. The molecule has 0 aliphatic carbocycles. The highest BCUT2D eigenvalue weighted by Crippen LogP contribution is 2.38. The molecule has 0 saturated carbocycles. The molecule has 1 rings (SSSR count). The van der Waals surface area contributed by atoms with Crippen molar-refractivity contribution in [2.75, 3.05) is 10.8 Å². The number of hydrogen-bond acceptors (Lipinski definition) is 1. The number of anilines is 1. The van der Waals surface area contributed by atoms with Gasteiger partial charge in [0.1, 0.15) is 5.88 Å². The fraction of sp³-hybridized carbons (Fsp3) is 0.462. The Morgan fingerprint density at radius 1 is 1.21 bits per heavy atom. The fourth-order valence-electron chi connectivity index (χ4n) is 1.84. The first-order valence-corrected chi connectivity index (χ1v) is 6.17. The molecule has 1 aromatic rings. The second-order valence-corrected chi connectivity index (χ2v) is 5.32. The summed E-state index contributed by atoms with van der Waals surface area (Å²) in [5.74, 6) is -0.936. The van der Waals surface area contributed by atoms with Crippen LogP contribution in [0.1, 0.15) is 26.3 Å². The van der Waals surface area contributed by atoms with Gasteiger partial charge in [-0.1, -0.05) is 12.1 Å². The topological polar surface area (TPSA) is 20.3 Å². The summed E-state index contributed by atoms with van der Waals surface area (Å²) in [6.07, 6.45) is -4.52. The van der Waals surface area contributed by atoms with Crippen molar-refractivity contribution in [1.82, 2.24) is 0 Å². The van der Waals surface area contributed by atoms with E-state index in [9.17, 15) is 18.0 Å². The average molecular weight is 294 g/mol. The van der Waals surface area contributed by atoms with E-state index in [4.69, 9.17) is 11.6 Å². The molecule has 2 nitrogen and oxygen atoms in total. The van der Waals surface area contributed by atoms with Gasteiger partial charge in [-0.05, 0) is 32.9 Å². The minimum atomic E-state index is -4.52. The largest absolute Gasteiger partial charge is 0.418 e. The Labute approximate surface area is 115 Å². The van der Waals surface area contributed by atoms with Crippen LogP contribution < -0.4 is 4.90 Å². The van der Waals surface area contributed by atoms with Gasteiger partial charge in [0.05, 0.1) is 11.3 Å². The van der Waals surface area contributed by atoms with Crippen molar-refractivity contribution in [3.8, 4) is 0 Å². The van der Waals surface area contributed by atoms with Gasteiger partial charge in [0.2, 0.25) is 5.91 Å². The summed E-state index contributed by atoms with van der Waals surface area (Å²) in [5, 5.41) is 0. The standard InChI is InChI=1S/C13H15ClF3NO/c1-12(2,3)18(11(19)8-14)10-7-5-4-6-9(10)13(15,16)17/h4-7H,8H2,1-3H3. The van der Waals surface area contributed by atoms with Gasteiger partial charge in [0.25, 0.3) is 0 Å². The third kappa shape index (κ3) is 3.62. The van der Waals surface area contributed by atoms with Crippen molar-refractivity contribution in [1.29, 1.82) is 0 Å². The number of amides is 1. The van der Waals surface area contributed by atoms with Crippen molar-refractivity contribution in [3.63, 3.8) is 0 Å². The zero-order valence-electron chi connectivity index (χ0n) is 10.9. The highest BCUT2D eigenvalue weighted by molar-refractivity contribution is 6.29. The molecule has 0 N–H and O–H groups in total. The lowest BCUT2D eigenvalue weighted by Crippen LogP contribution is -2.47. The summed E-state index contributed by atoms with van der Waals surface area (Å²) in [7, 11) is 0. The lowest BCUT2D eigenvalue weighted by molar-refractivity contribution is -0.137. The summed E-state index contributed by atoms with van der Waals surface area (Å²) in [6, 6.07) is 4.98. The number of rotatable bonds is 2. The SMILES string of the molecule is CC(C)(C)N(C(=O)CCl)c1ccccc1C(F)(F)F. The molecule has 0 heterocycles. The summed E-state index contributed by atoms with van der Waals surface area (Å²) in [5.41, 5.74) is -1.82. The average Bonchev–Trinajstić information content (AvgIpc) is 2.26. The highest BCUT2D eigenvalue weighted by Gasteiger charge is 2.38. The van der Waals surface area contributed by atoms with Crippen molar-refractivity contribution in [3.05, 3.63) is 29.8 Å². The Hall–Kier alpha value is -1.23. The molecule has 0 spiro atoms. The molecule has 6 heteroatoms. The van der Waals surface area contributed by atoms with Crippen LogP contribution >= 0.6 is 11.6 Å². The van der Waals surface area contributed by atoms with Crippen LogP contribution in [-0.4, -0.2) is 17.3 Å². The number of benzene rings is 1. The molecular weight excluding hydrogens is 279 g/mol. The molecular formula is C13H15ClF3NO. The van der Waals surface area contributed by atoms with Gasteiger partial charge in [-0.15, -0.1) is 11.6 Å². The minimum Gasteiger partial charge on any atom is -0.306 e. The normalized spacial score (nSPS) is 12.4. The Kier molecular flexibility index (Phi) is 4.50. The third-order valence-corrected chi connectivity index (χ3v) is 2.71. The maximum atomic E-state index is 13.0. The second-order valence-electron chi connectivity index (χ2n) is 5.05. The van der Waals surface area contributed by atoms with Crippen molar-refractivity contribution in [2.45, 2.75) is 32.5 Å². The van der Waals surface area contributed by atoms with E-state index in [1.54, 1.807) is 20.8 Å². The maximum absolute atomic E-state index is 13.0. The molecule has 1 amide bonds. The van der Waals surface area contributed by atoms with Crippen LogP contribution in [-0.2, 0) is 11.0 Å². The third-order valence-electron chi connectivity index (χ3n) is 2.48. The molecule has 0 fully saturated rings. The van der Waals surface area contributed by atoms with E-state index in [-0.39, 0.29) is 11.6 Å². The summed E-state index contributed by atoms with van der Waals surface area (Å²) >= 11 is 5.50. The highest BCUT2D eigenvalue weighted by atomic mass is 35.5. The molecule has 1 aromatic carbocycles. The Bertz CT molecular complexity index is 466. The second kappa shape index (κ2) is 5.41. The van der Waals surface area contributed by atoms with Crippen molar-refractivity contribution >= 4 is 23.2 Å². The van der Waals surface area contributed by atoms with Gasteiger partial charge in [-0.2, -0.15) is 13.2 Å². The lowest BCUT2D eigenvalue weighted by atomic mass is 10.0. The van der Waals surface area contributed by atoms with Gasteiger partial charge in [0, 0.05) is 5.54 Å². The number of alkyl halides is 4. The molecule has 0 bridgehead atoms. The maximum Gasteiger partial charge on any atom is 0.418 e. The van der Waals surface area contributed by atoms with E-state index in [0.717, 1.165) is 11.0 Å². The van der Waals surface area contributed by atoms with Crippen LogP contribution in [0.25, 0.3) is 0 Å². The molecule has 0 saturated heterocycles. The Morgan fingerprint density at radius 2 is 1.74 bits per heavy atom. The number of hydrogen-bond donors (Lipinski definition) is 0. The Morgan fingerprint density at radius 3 is 2.16 bits per heavy atom. The van der Waals surface area contributed by atoms with Crippen LogP contribution in [0.2, 0.25) is 0 Å². The van der Waals surface area contributed by atoms with Crippen molar-refractivity contribution in [2.24, 2.45) is 0 Å². The summed E-state index contributed by atoms with van der Waals surface area (Å²) < 4.78 is 39.0. The van der Waals surface area contributed by atoms with Crippen LogP contribution in [0.3, 0.4) is 0 Å². The van der Waals surface area contributed by atoms with E-state index in [2.05, 4.69) is 0 Å². The fourth-order valence-corrected chi connectivity index (χ4v) is 1.96. The summed E-state index contributed by atoms with van der Waals surface area (Å²) in [4.78, 5) is 13.0. The predicted molar refractivity (Wildman–Crippen MR) is 69.4 cm³/mol. The molecule has 0 atom stereocenters. The zero-order valence-corrected chi connectivity index (χ0v) is 11.6. The monoisotopic (exact) mass is 293 g/mol. The van der Waals surface area contributed by atoms with Crippen LogP contribution in [0.15, 0.2) is 24.3 Å². The smallest absolute Gasteiger partial charge is 0.306 e. The van der Waals surface area contributed by atoms with Gasteiger partial charge < -0.3 is 4.90 Å². The van der Waals surface area contributed by atoms with E-state index in [0.29, 0.717) is 0 Å². The van der Waals surface area contributed by atoms with E-state index < -0.39 is 23.2 Å².